The molecule has 1 aliphatic carbocycles. The molecular formula is C6HF10I. The number of rotatable bonds is 0. The van der Waals surface area contributed by atoms with Crippen LogP contribution in [0.15, 0.2) is 0 Å². The van der Waals surface area contributed by atoms with Crippen molar-refractivity contribution in [1.82, 2.24) is 0 Å². The zero-order valence-corrected chi connectivity index (χ0v) is 9.39. The first-order chi connectivity index (χ1) is 7.12. The predicted molar refractivity (Wildman–Crippen MR) is 42.2 cm³/mol. The molecule has 2 atom stereocenters. The van der Waals surface area contributed by atoms with Crippen LogP contribution in [0.5, 0.6) is 0 Å². The maximum Gasteiger partial charge on any atom is 0.401 e. The van der Waals surface area contributed by atoms with E-state index in [9.17, 15) is 43.9 Å². The molecule has 0 aromatic carbocycles. The van der Waals surface area contributed by atoms with Gasteiger partial charge in [-0.1, -0.05) is 0 Å². The van der Waals surface area contributed by atoms with Crippen LogP contribution < -0.4 is 0 Å². The Hall–Kier alpha value is 0.0300. The van der Waals surface area contributed by atoms with Gasteiger partial charge in [-0.3, -0.25) is 0 Å². The second-order valence-corrected chi connectivity index (χ2v) is 4.94. The van der Waals surface area contributed by atoms with E-state index < -0.39 is 33.5 Å². The summed E-state index contributed by atoms with van der Waals surface area (Å²) in [7, 11) is 0. The van der Waals surface area contributed by atoms with E-state index in [0.29, 0.717) is 0 Å². The minimum atomic E-state index is -6.42. The van der Waals surface area contributed by atoms with Gasteiger partial charge >= 0.3 is 23.9 Å². The summed E-state index contributed by atoms with van der Waals surface area (Å²) in [4.78, 5) is 0. The number of alkyl halides is 11. The topological polar surface area (TPSA) is 0 Å². The highest BCUT2D eigenvalue weighted by atomic mass is 127. The minimum Gasteiger partial charge on any atom is -0.224 e. The van der Waals surface area contributed by atoms with E-state index in [1.54, 1.807) is 0 Å². The molecule has 1 rings (SSSR count). The van der Waals surface area contributed by atoms with E-state index in [4.69, 9.17) is 0 Å². The third-order valence-electron chi connectivity index (χ3n) is 2.28. The van der Waals surface area contributed by atoms with E-state index in [0.717, 1.165) is 0 Å². The summed E-state index contributed by atoms with van der Waals surface area (Å²) in [6.07, 6.45) is -6.23. The quantitative estimate of drug-likeness (QED) is 0.331. The molecule has 0 N–H and O–H groups in total. The molecule has 1 aliphatic rings. The largest absolute Gasteiger partial charge is 0.401 e. The Kier molecular flexibility index (Phi) is 2.95. The molecule has 0 aromatic rings. The van der Waals surface area contributed by atoms with E-state index in [-0.39, 0.29) is 22.6 Å². The van der Waals surface area contributed by atoms with Crippen molar-refractivity contribution in [3.8, 4) is 0 Å². The van der Waals surface area contributed by atoms with Crippen LogP contribution in [-0.4, -0.2) is 27.6 Å². The molecule has 0 bridgehead atoms. The first-order valence-corrected chi connectivity index (χ1v) is 4.77. The van der Waals surface area contributed by atoms with Crippen LogP contribution in [0.4, 0.5) is 43.9 Å². The van der Waals surface area contributed by atoms with Crippen LogP contribution in [0.25, 0.3) is 0 Å². The average Bonchev–Trinajstić information content (AvgIpc) is 2.03. The second kappa shape index (κ2) is 3.32. The smallest absolute Gasteiger partial charge is 0.224 e. The van der Waals surface area contributed by atoms with E-state index in [1.807, 2.05) is 0 Å². The maximum absolute atomic E-state index is 13.1. The second-order valence-electron chi connectivity index (χ2n) is 3.37. The molecule has 0 saturated heterocycles. The standard InChI is InChI=1S/C6HF10I/c7-2(8)1(4(10,11)12)3(9,17)6(15,16)5(2,13)14/h1H/t1-,3+/m0/s1. The molecule has 0 unspecified atom stereocenters. The zero-order chi connectivity index (χ0) is 14.1. The van der Waals surface area contributed by atoms with Crippen LogP contribution in [0, 0.1) is 5.92 Å². The Bertz CT molecular complexity index is 302. The van der Waals surface area contributed by atoms with Gasteiger partial charge in [-0.2, -0.15) is 39.5 Å². The van der Waals surface area contributed by atoms with Gasteiger partial charge in [0.15, 0.2) is 5.92 Å². The van der Waals surface area contributed by atoms with E-state index >= 15 is 0 Å². The maximum atomic E-state index is 13.1. The summed E-state index contributed by atoms with van der Waals surface area (Å²) in [5.41, 5.74) is 0. The highest BCUT2D eigenvalue weighted by Gasteiger charge is 2.95. The van der Waals surface area contributed by atoms with Crippen molar-refractivity contribution in [2.75, 3.05) is 0 Å². The summed E-state index contributed by atoms with van der Waals surface area (Å²) < 4.78 is 120. The molecule has 0 radical (unpaired) electrons. The Morgan fingerprint density at radius 2 is 1.12 bits per heavy atom. The van der Waals surface area contributed by atoms with Crippen LogP contribution >= 0.6 is 22.6 Å². The first kappa shape index (κ1) is 15.1. The van der Waals surface area contributed by atoms with Gasteiger partial charge in [-0.05, 0) is 22.6 Å². The van der Waals surface area contributed by atoms with Crippen molar-refractivity contribution in [1.29, 1.82) is 0 Å². The van der Waals surface area contributed by atoms with Gasteiger partial charge in [0.05, 0.1) is 0 Å². The van der Waals surface area contributed by atoms with Crippen molar-refractivity contribution >= 4 is 22.6 Å². The molecule has 0 spiro atoms. The van der Waals surface area contributed by atoms with Crippen molar-refractivity contribution in [2.45, 2.75) is 27.6 Å². The monoisotopic (exact) mass is 390 g/mol. The molecule has 11 heteroatoms. The summed E-state index contributed by atoms with van der Waals surface area (Å²) in [5, 5.41) is 0. The normalized spacial score (nSPS) is 39.4. The van der Waals surface area contributed by atoms with E-state index in [1.165, 1.54) is 0 Å². The van der Waals surface area contributed by atoms with Gasteiger partial charge < -0.3 is 0 Å². The lowest BCUT2D eigenvalue weighted by atomic mass is 10.0. The number of hydrogen-bond donors (Lipinski definition) is 0. The summed E-state index contributed by atoms with van der Waals surface area (Å²) in [6.45, 7) is 0. The molecule has 17 heavy (non-hydrogen) atoms. The van der Waals surface area contributed by atoms with E-state index in [2.05, 4.69) is 0 Å². The Labute approximate surface area is 100 Å². The van der Waals surface area contributed by atoms with Gasteiger partial charge in [0.25, 0.3) is 0 Å². The van der Waals surface area contributed by atoms with Gasteiger partial charge in [0.2, 0.25) is 3.68 Å². The molecule has 0 aliphatic heterocycles. The van der Waals surface area contributed by atoms with Crippen molar-refractivity contribution in [3.63, 3.8) is 0 Å². The van der Waals surface area contributed by atoms with Gasteiger partial charge in [0.1, 0.15) is 0 Å². The molecule has 0 nitrogen and oxygen atoms in total. The van der Waals surface area contributed by atoms with Crippen molar-refractivity contribution in [2.24, 2.45) is 5.92 Å². The highest BCUT2D eigenvalue weighted by Crippen LogP contribution is 2.70. The third-order valence-corrected chi connectivity index (χ3v) is 3.58. The molecule has 0 heterocycles. The molecule has 0 aromatic heterocycles. The molecule has 102 valence electrons. The van der Waals surface area contributed by atoms with Crippen LogP contribution in [0.3, 0.4) is 0 Å². The lowest BCUT2D eigenvalue weighted by molar-refractivity contribution is -0.301. The third kappa shape index (κ3) is 1.56. The van der Waals surface area contributed by atoms with Crippen LogP contribution in [0.1, 0.15) is 0 Å². The SMILES string of the molecule is FC(F)(F)[C@H]1C(F)(F)C(F)(F)C(F)(F)[C@]1(F)I. The average molecular weight is 390 g/mol. The first-order valence-electron chi connectivity index (χ1n) is 3.69. The van der Waals surface area contributed by atoms with Gasteiger partial charge in [-0.15, -0.1) is 0 Å². The highest BCUT2D eigenvalue weighted by molar-refractivity contribution is 14.1. The van der Waals surface area contributed by atoms with Crippen molar-refractivity contribution < 1.29 is 43.9 Å². The van der Waals surface area contributed by atoms with Gasteiger partial charge in [0, 0.05) is 0 Å². The zero-order valence-electron chi connectivity index (χ0n) is 7.23. The van der Waals surface area contributed by atoms with Gasteiger partial charge in [-0.25, -0.2) is 4.39 Å². The lowest BCUT2D eigenvalue weighted by Gasteiger charge is -2.27. The Morgan fingerprint density at radius 1 is 0.765 bits per heavy atom. The van der Waals surface area contributed by atoms with Crippen LogP contribution in [-0.2, 0) is 0 Å². The molecular weight excluding hydrogens is 389 g/mol. The molecule has 0 amide bonds. The summed E-state index contributed by atoms with van der Waals surface area (Å²) >= 11 is -0.350. The lowest BCUT2D eigenvalue weighted by Crippen LogP contribution is -2.50. The minimum absolute atomic E-state index is 0.350. The van der Waals surface area contributed by atoms with Crippen molar-refractivity contribution in [3.05, 3.63) is 0 Å². The number of halogens is 11. The van der Waals surface area contributed by atoms with Crippen LogP contribution in [0.2, 0.25) is 0 Å². The summed E-state index contributed by atoms with van der Waals surface area (Å²) in [5.74, 6) is -23.6. The number of hydrogen-bond acceptors (Lipinski definition) is 0. The Morgan fingerprint density at radius 3 is 1.24 bits per heavy atom. The molecule has 1 saturated carbocycles. The summed E-state index contributed by atoms with van der Waals surface area (Å²) in [6, 6.07) is 0. The fourth-order valence-corrected chi connectivity index (χ4v) is 2.50. The Balaban J connectivity index is 3.54. The predicted octanol–water partition coefficient (Wildman–Crippen LogP) is 4.19. The fraction of sp³-hybridized carbons (Fsp3) is 1.00. The molecule has 1 fully saturated rings. The fourth-order valence-electron chi connectivity index (χ4n) is 1.42.